The molecule has 0 amide bonds. The van der Waals surface area contributed by atoms with Gasteiger partial charge >= 0.3 is 0 Å². The number of hydrogen-bond acceptors (Lipinski definition) is 2. The first kappa shape index (κ1) is 10.3. The molecular weight excluding hydrogens is 203 g/mol. The molecule has 0 saturated carbocycles. The van der Waals surface area contributed by atoms with Gasteiger partial charge in [-0.15, -0.1) is 0 Å². The van der Waals surface area contributed by atoms with Gasteiger partial charge in [0.05, 0.1) is 5.56 Å². The van der Waals surface area contributed by atoms with Crippen LogP contribution < -0.4 is 0 Å². The summed E-state index contributed by atoms with van der Waals surface area (Å²) in [5, 5.41) is 8.91. The average Bonchev–Trinajstić information content (AvgIpc) is 2.30. The summed E-state index contributed by atoms with van der Waals surface area (Å²) in [6.07, 6.45) is 1.25. The number of halogens is 1. The van der Waals surface area contributed by atoms with Crippen LogP contribution in [0.15, 0.2) is 36.5 Å². The van der Waals surface area contributed by atoms with E-state index in [1.807, 2.05) is 37.3 Å². The Morgan fingerprint density at radius 2 is 1.94 bits per heavy atom. The maximum absolute atomic E-state index is 13.0. The number of nitriles is 1. The van der Waals surface area contributed by atoms with Gasteiger partial charge in [-0.1, -0.05) is 29.8 Å². The number of pyridine rings is 1. The van der Waals surface area contributed by atoms with Gasteiger partial charge in [0.15, 0.2) is 0 Å². The highest BCUT2D eigenvalue weighted by atomic mass is 19.1. The highest BCUT2D eigenvalue weighted by Crippen LogP contribution is 2.23. The molecule has 2 rings (SSSR count). The molecule has 0 bridgehead atoms. The molecule has 3 heteroatoms. The minimum absolute atomic E-state index is 0.380. The summed E-state index contributed by atoms with van der Waals surface area (Å²) in [5.41, 5.74) is 2.90. The molecule has 78 valence electrons. The predicted octanol–water partition coefficient (Wildman–Crippen LogP) is 3.07. The van der Waals surface area contributed by atoms with E-state index in [4.69, 9.17) is 5.26 Å². The van der Waals surface area contributed by atoms with Gasteiger partial charge in [0.1, 0.15) is 6.07 Å². The summed E-state index contributed by atoms with van der Waals surface area (Å²) in [7, 11) is 0. The molecular formula is C13H9FN2. The van der Waals surface area contributed by atoms with Crippen LogP contribution in [-0.2, 0) is 0 Å². The topological polar surface area (TPSA) is 36.7 Å². The Morgan fingerprint density at radius 1 is 1.25 bits per heavy atom. The lowest BCUT2D eigenvalue weighted by Crippen LogP contribution is -1.90. The maximum Gasteiger partial charge on any atom is 0.213 e. The van der Waals surface area contributed by atoms with Gasteiger partial charge in [-0.3, -0.25) is 0 Å². The maximum atomic E-state index is 13.0. The molecule has 2 aromatic rings. The highest BCUT2D eigenvalue weighted by Gasteiger charge is 2.06. The molecule has 0 aliphatic heterocycles. The number of nitrogens with zero attached hydrogens (tertiary/aromatic N) is 2. The van der Waals surface area contributed by atoms with E-state index in [-0.39, 0.29) is 0 Å². The fourth-order valence-corrected chi connectivity index (χ4v) is 1.49. The minimum atomic E-state index is -0.574. The second-order valence-electron chi connectivity index (χ2n) is 3.53. The zero-order valence-corrected chi connectivity index (χ0v) is 8.74. The fourth-order valence-electron chi connectivity index (χ4n) is 1.49. The van der Waals surface area contributed by atoms with Gasteiger partial charge in [-0.2, -0.15) is 9.65 Å². The summed E-state index contributed by atoms with van der Waals surface area (Å²) in [6, 6.07) is 10.9. The Morgan fingerprint density at radius 3 is 2.56 bits per heavy atom. The number of aryl methyl sites for hydroxylation is 1. The van der Waals surface area contributed by atoms with Crippen molar-refractivity contribution in [2.24, 2.45) is 0 Å². The first-order valence-corrected chi connectivity index (χ1v) is 4.83. The van der Waals surface area contributed by atoms with Crippen molar-refractivity contribution >= 4 is 0 Å². The van der Waals surface area contributed by atoms with E-state index in [0.29, 0.717) is 11.1 Å². The van der Waals surface area contributed by atoms with Crippen molar-refractivity contribution in [1.82, 2.24) is 4.98 Å². The third-order valence-corrected chi connectivity index (χ3v) is 2.35. The average molecular weight is 212 g/mol. The van der Waals surface area contributed by atoms with E-state index in [9.17, 15) is 4.39 Å². The van der Waals surface area contributed by atoms with Gasteiger partial charge in [0.2, 0.25) is 5.95 Å². The van der Waals surface area contributed by atoms with Crippen molar-refractivity contribution < 1.29 is 4.39 Å². The summed E-state index contributed by atoms with van der Waals surface area (Å²) < 4.78 is 13.0. The van der Waals surface area contributed by atoms with Crippen molar-refractivity contribution in [2.45, 2.75) is 6.92 Å². The van der Waals surface area contributed by atoms with Crippen LogP contribution in [0.2, 0.25) is 0 Å². The Labute approximate surface area is 93.0 Å². The number of rotatable bonds is 1. The number of hydrogen-bond donors (Lipinski definition) is 0. The smallest absolute Gasteiger partial charge is 0.213 e. The van der Waals surface area contributed by atoms with Crippen LogP contribution in [0, 0.1) is 24.2 Å². The third-order valence-electron chi connectivity index (χ3n) is 2.35. The largest absolute Gasteiger partial charge is 0.227 e. The molecule has 16 heavy (non-hydrogen) atoms. The van der Waals surface area contributed by atoms with Gasteiger partial charge < -0.3 is 0 Å². The molecule has 1 aromatic heterocycles. The normalized spacial score (nSPS) is 9.81. The standard InChI is InChI=1S/C13H9FN2/c1-9-2-4-10(5-3-9)12-6-13(14)16-8-11(12)7-15/h2-6,8H,1H3. The second kappa shape index (κ2) is 4.11. The Kier molecular flexibility index (Phi) is 2.65. The molecule has 0 saturated heterocycles. The van der Waals surface area contributed by atoms with Crippen molar-refractivity contribution in [1.29, 1.82) is 5.26 Å². The van der Waals surface area contributed by atoms with Crippen LogP contribution in [0.1, 0.15) is 11.1 Å². The van der Waals surface area contributed by atoms with E-state index >= 15 is 0 Å². The van der Waals surface area contributed by atoms with E-state index < -0.39 is 5.95 Å². The zero-order valence-electron chi connectivity index (χ0n) is 8.74. The van der Waals surface area contributed by atoms with Crippen LogP contribution in [0.3, 0.4) is 0 Å². The van der Waals surface area contributed by atoms with Gasteiger partial charge in [0, 0.05) is 17.8 Å². The monoisotopic (exact) mass is 212 g/mol. The number of aromatic nitrogens is 1. The van der Waals surface area contributed by atoms with Crippen LogP contribution in [0.4, 0.5) is 4.39 Å². The van der Waals surface area contributed by atoms with Crippen LogP contribution in [-0.4, -0.2) is 4.98 Å². The summed E-state index contributed by atoms with van der Waals surface area (Å²) in [5.74, 6) is -0.574. The molecule has 0 spiro atoms. The van der Waals surface area contributed by atoms with Crippen LogP contribution >= 0.6 is 0 Å². The Bertz CT molecular complexity index is 553. The molecule has 0 fully saturated rings. The third kappa shape index (κ3) is 1.91. The van der Waals surface area contributed by atoms with Gasteiger partial charge in [-0.05, 0) is 12.5 Å². The van der Waals surface area contributed by atoms with E-state index in [1.54, 1.807) is 0 Å². The second-order valence-corrected chi connectivity index (χ2v) is 3.53. The SMILES string of the molecule is Cc1ccc(-c2cc(F)ncc2C#N)cc1. The molecule has 0 atom stereocenters. The summed E-state index contributed by atoms with van der Waals surface area (Å²) >= 11 is 0. The lowest BCUT2D eigenvalue weighted by Gasteiger charge is -2.04. The highest BCUT2D eigenvalue weighted by molar-refractivity contribution is 5.69. The van der Waals surface area contributed by atoms with E-state index in [0.717, 1.165) is 11.1 Å². The predicted molar refractivity (Wildman–Crippen MR) is 59.1 cm³/mol. The van der Waals surface area contributed by atoms with Crippen molar-refractivity contribution in [3.8, 4) is 17.2 Å². The number of benzene rings is 1. The lowest BCUT2D eigenvalue weighted by atomic mass is 10.0. The molecule has 1 aromatic carbocycles. The van der Waals surface area contributed by atoms with Crippen LogP contribution in [0.25, 0.3) is 11.1 Å². The summed E-state index contributed by atoms with van der Waals surface area (Å²) in [6.45, 7) is 1.97. The molecule has 0 radical (unpaired) electrons. The molecule has 2 nitrogen and oxygen atoms in total. The molecule has 0 aliphatic rings. The van der Waals surface area contributed by atoms with Crippen molar-refractivity contribution in [3.63, 3.8) is 0 Å². The van der Waals surface area contributed by atoms with E-state index in [2.05, 4.69) is 4.98 Å². The Balaban J connectivity index is 2.59. The van der Waals surface area contributed by atoms with Crippen molar-refractivity contribution in [3.05, 3.63) is 53.6 Å². The molecule has 1 heterocycles. The summed E-state index contributed by atoms with van der Waals surface area (Å²) in [4.78, 5) is 3.46. The zero-order chi connectivity index (χ0) is 11.5. The fraction of sp³-hybridized carbons (Fsp3) is 0.0769. The minimum Gasteiger partial charge on any atom is -0.227 e. The lowest BCUT2D eigenvalue weighted by molar-refractivity contribution is 0.584. The first-order chi connectivity index (χ1) is 7.70. The van der Waals surface area contributed by atoms with Crippen LogP contribution in [0.5, 0.6) is 0 Å². The first-order valence-electron chi connectivity index (χ1n) is 4.83. The Hall–Kier alpha value is -2.21. The van der Waals surface area contributed by atoms with Gasteiger partial charge in [-0.25, -0.2) is 4.98 Å². The quantitative estimate of drug-likeness (QED) is 0.681. The molecule has 0 aliphatic carbocycles. The van der Waals surface area contributed by atoms with Crippen molar-refractivity contribution in [2.75, 3.05) is 0 Å². The molecule has 0 N–H and O–H groups in total. The van der Waals surface area contributed by atoms with Gasteiger partial charge in [0.25, 0.3) is 0 Å². The molecule has 0 unspecified atom stereocenters. The van der Waals surface area contributed by atoms with E-state index in [1.165, 1.54) is 12.3 Å².